The van der Waals surface area contributed by atoms with Crippen molar-refractivity contribution in [3.05, 3.63) is 60.6 Å². The minimum atomic E-state index is 0.163. The fourth-order valence-electron chi connectivity index (χ4n) is 2.43. The summed E-state index contributed by atoms with van der Waals surface area (Å²) in [4.78, 5) is 8.68. The summed E-state index contributed by atoms with van der Waals surface area (Å²) < 4.78 is 5.25. The van der Waals surface area contributed by atoms with Gasteiger partial charge in [-0.15, -0.1) is 5.10 Å². The van der Waals surface area contributed by atoms with Gasteiger partial charge in [-0.2, -0.15) is 5.10 Å². The molecule has 6 heteroatoms. The molecule has 24 heavy (non-hydrogen) atoms. The fourth-order valence-corrected chi connectivity index (χ4v) is 2.43. The maximum Gasteiger partial charge on any atom is 0.243 e. The van der Waals surface area contributed by atoms with Gasteiger partial charge in [-0.3, -0.25) is 4.98 Å². The lowest BCUT2D eigenvalue weighted by atomic mass is 10.1. The zero-order valence-corrected chi connectivity index (χ0v) is 13.7. The average Bonchev–Trinajstić information content (AvgIpc) is 2.63. The highest BCUT2D eigenvalue weighted by Crippen LogP contribution is 2.22. The second-order valence-corrected chi connectivity index (χ2v) is 5.51. The van der Waals surface area contributed by atoms with E-state index in [9.17, 15) is 0 Å². The van der Waals surface area contributed by atoms with Crippen molar-refractivity contribution in [1.29, 1.82) is 0 Å². The third kappa shape index (κ3) is 4.04. The molecule has 1 unspecified atom stereocenters. The first-order valence-electron chi connectivity index (χ1n) is 7.74. The van der Waals surface area contributed by atoms with Crippen LogP contribution in [0.2, 0.25) is 0 Å². The number of rotatable bonds is 6. The molecule has 2 aromatic heterocycles. The van der Waals surface area contributed by atoms with Gasteiger partial charge in [0.2, 0.25) is 5.95 Å². The molecule has 0 aliphatic rings. The third-order valence-corrected chi connectivity index (χ3v) is 3.56. The topological polar surface area (TPSA) is 72.8 Å². The van der Waals surface area contributed by atoms with Gasteiger partial charge in [-0.1, -0.05) is 18.2 Å². The first-order chi connectivity index (χ1) is 11.7. The van der Waals surface area contributed by atoms with Gasteiger partial charge in [0.25, 0.3) is 0 Å². The van der Waals surface area contributed by atoms with Crippen LogP contribution in [-0.4, -0.2) is 33.3 Å². The van der Waals surface area contributed by atoms with E-state index in [1.807, 2.05) is 36.5 Å². The van der Waals surface area contributed by atoms with Gasteiger partial charge < -0.3 is 10.1 Å². The minimum Gasteiger partial charge on any atom is -0.497 e. The Morgan fingerprint density at radius 1 is 1.17 bits per heavy atom. The van der Waals surface area contributed by atoms with E-state index >= 15 is 0 Å². The van der Waals surface area contributed by atoms with Gasteiger partial charge >= 0.3 is 0 Å². The Hall–Kier alpha value is -3.02. The smallest absolute Gasteiger partial charge is 0.243 e. The van der Waals surface area contributed by atoms with Crippen molar-refractivity contribution in [2.24, 2.45) is 0 Å². The Labute approximate surface area is 141 Å². The van der Waals surface area contributed by atoms with E-state index in [1.165, 1.54) is 0 Å². The monoisotopic (exact) mass is 321 g/mol. The first kappa shape index (κ1) is 15.9. The number of methoxy groups -OCH3 is 1. The minimum absolute atomic E-state index is 0.163. The molecule has 0 fully saturated rings. The number of hydrogen-bond donors (Lipinski definition) is 1. The molecule has 1 N–H and O–H groups in total. The number of nitrogens with zero attached hydrogens (tertiary/aromatic N) is 4. The number of pyridine rings is 1. The van der Waals surface area contributed by atoms with E-state index in [4.69, 9.17) is 4.74 Å². The molecular weight excluding hydrogens is 302 g/mol. The highest BCUT2D eigenvalue weighted by Gasteiger charge is 2.08. The molecular formula is C18H19N5O. The normalized spacial score (nSPS) is 11.8. The van der Waals surface area contributed by atoms with Crippen molar-refractivity contribution < 1.29 is 4.74 Å². The lowest BCUT2D eigenvalue weighted by Gasteiger charge is -2.13. The first-order valence-corrected chi connectivity index (χ1v) is 7.74. The van der Waals surface area contributed by atoms with E-state index in [0.717, 1.165) is 29.0 Å². The van der Waals surface area contributed by atoms with Crippen LogP contribution in [0.5, 0.6) is 5.75 Å². The maximum absolute atomic E-state index is 5.25. The van der Waals surface area contributed by atoms with Crippen LogP contribution in [0.1, 0.15) is 12.5 Å². The Morgan fingerprint density at radius 2 is 2.08 bits per heavy atom. The van der Waals surface area contributed by atoms with E-state index in [1.54, 1.807) is 19.5 Å². The molecule has 0 aliphatic carbocycles. The molecule has 0 spiro atoms. The van der Waals surface area contributed by atoms with Crippen molar-refractivity contribution in [3.8, 4) is 17.0 Å². The van der Waals surface area contributed by atoms with Crippen molar-refractivity contribution >= 4 is 5.95 Å². The zero-order chi connectivity index (χ0) is 16.8. The van der Waals surface area contributed by atoms with E-state index in [-0.39, 0.29) is 6.04 Å². The fraction of sp³-hybridized carbons (Fsp3) is 0.222. The highest BCUT2D eigenvalue weighted by molar-refractivity contribution is 5.61. The molecule has 0 saturated carbocycles. The summed E-state index contributed by atoms with van der Waals surface area (Å²) in [5, 5.41) is 11.4. The van der Waals surface area contributed by atoms with Gasteiger partial charge in [0.1, 0.15) is 5.75 Å². The molecule has 0 aliphatic heterocycles. The number of aromatic nitrogens is 4. The number of nitrogens with one attached hydrogen (secondary N) is 1. The zero-order valence-electron chi connectivity index (χ0n) is 13.7. The molecule has 122 valence electrons. The van der Waals surface area contributed by atoms with Crippen molar-refractivity contribution in [2.45, 2.75) is 19.4 Å². The molecule has 6 nitrogen and oxygen atoms in total. The summed E-state index contributed by atoms with van der Waals surface area (Å²) in [6, 6.07) is 11.9. The number of benzene rings is 1. The van der Waals surface area contributed by atoms with Crippen LogP contribution >= 0.6 is 0 Å². The van der Waals surface area contributed by atoms with Gasteiger partial charge in [0, 0.05) is 24.0 Å². The van der Waals surface area contributed by atoms with Crippen LogP contribution in [0.25, 0.3) is 11.3 Å². The Balaban J connectivity index is 1.73. The molecule has 0 bridgehead atoms. The van der Waals surface area contributed by atoms with Gasteiger partial charge in [0.05, 0.1) is 19.0 Å². The Bertz CT molecular complexity index is 794. The summed E-state index contributed by atoms with van der Waals surface area (Å²) in [5.74, 6) is 1.29. The van der Waals surface area contributed by atoms with Gasteiger partial charge in [-0.25, -0.2) is 4.98 Å². The van der Waals surface area contributed by atoms with E-state index in [2.05, 4.69) is 38.5 Å². The molecule has 3 rings (SSSR count). The van der Waals surface area contributed by atoms with Crippen LogP contribution in [-0.2, 0) is 6.42 Å². The van der Waals surface area contributed by atoms with Crippen LogP contribution in [0.4, 0.5) is 5.95 Å². The van der Waals surface area contributed by atoms with Gasteiger partial charge in [0.15, 0.2) is 0 Å². The standard InChI is InChI=1S/C18H19N5O/c1-13(9-14-5-4-8-19-11-14)21-18-22-17(12-20-23-18)15-6-3-7-16(10-15)24-2/h3-8,10-13H,9H2,1-2H3,(H,21,22,23). The lowest BCUT2D eigenvalue weighted by Crippen LogP contribution is -2.20. The molecule has 1 atom stereocenters. The van der Waals surface area contributed by atoms with Crippen molar-refractivity contribution in [1.82, 2.24) is 20.2 Å². The van der Waals surface area contributed by atoms with Crippen molar-refractivity contribution in [2.75, 3.05) is 12.4 Å². The van der Waals surface area contributed by atoms with Gasteiger partial charge in [-0.05, 0) is 37.1 Å². The van der Waals surface area contributed by atoms with Crippen molar-refractivity contribution in [3.63, 3.8) is 0 Å². The average molecular weight is 321 g/mol. The van der Waals surface area contributed by atoms with Crippen LogP contribution in [0.3, 0.4) is 0 Å². The Morgan fingerprint density at radius 3 is 2.88 bits per heavy atom. The molecule has 0 amide bonds. The van der Waals surface area contributed by atoms with Crippen LogP contribution < -0.4 is 10.1 Å². The number of ether oxygens (including phenoxy) is 1. The molecule has 2 heterocycles. The van der Waals surface area contributed by atoms with E-state index < -0.39 is 0 Å². The summed E-state index contributed by atoms with van der Waals surface area (Å²) in [6.45, 7) is 2.08. The second kappa shape index (κ2) is 7.50. The molecule has 3 aromatic rings. The van der Waals surface area contributed by atoms with Crippen LogP contribution in [0.15, 0.2) is 55.0 Å². The summed E-state index contributed by atoms with van der Waals surface area (Å²) in [6.07, 6.45) is 6.11. The molecule has 0 radical (unpaired) electrons. The summed E-state index contributed by atoms with van der Waals surface area (Å²) in [7, 11) is 1.64. The SMILES string of the molecule is COc1cccc(-c2cnnc(NC(C)Cc3cccnc3)n2)c1. The number of anilines is 1. The summed E-state index contributed by atoms with van der Waals surface area (Å²) >= 11 is 0. The van der Waals surface area contributed by atoms with E-state index in [0.29, 0.717) is 5.95 Å². The third-order valence-electron chi connectivity index (χ3n) is 3.56. The van der Waals surface area contributed by atoms with Crippen LogP contribution in [0, 0.1) is 0 Å². The second-order valence-electron chi connectivity index (χ2n) is 5.51. The largest absolute Gasteiger partial charge is 0.497 e. The molecule has 1 aromatic carbocycles. The predicted molar refractivity (Wildman–Crippen MR) is 92.8 cm³/mol. The quantitative estimate of drug-likeness (QED) is 0.752. The summed E-state index contributed by atoms with van der Waals surface area (Å²) in [5.41, 5.74) is 2.85. The highest BCUT2D eigenvalue weighted by atomic mass is 16.5. The molecule has 0 saturated heterocycles. The Kier molecular flexibility index (Phi) is 4.96. The lowest BCUT2D eigenvalue weighted by molar-refractivity contribution is 0.415. The number of hydrogen-bond acceptors (Lipinski definition) is 6. The predicted octanol–water partition coefficient (Wildman–Crippen LogP) is 2.99. The maximum atomic E-state index is 5.25.